The summed E-state index contributed by atoms with van der Waals surface area (Å²) >= 11 is 0. The molecule has 0 aliphatic heterocycles. The number of rotatable bonds is 11. The minimum absolute atomic E-state index is 0.122. The standard InChI is InChI=1S/C26H36N4O7/c1-8-17-9-11-18(12-10-17)22(23(33)28-15-21(32)36-7)30(16(2)3)24(34)19(13-14-20(27)31)29-25(35)37-26(4,5)6/h1,9-12,16,19,22H,13-15H2,2-7H3,(H2,27,31)(H,28,33)(H,29,35). The molecule has 4 amide bonds. The number of hydrogen-bond donors (Lipinski definition) is 3. The Kier molecular flexibility index (Phi) is 11.6. The highest BCUT2D eigenvalue weighted by atomic mass is 16.6. The van der Waals surface area contributed by atoms with Crippen molar-refractivity contribution in [1.29, 1.82) is 0 Å². The van der Waals surface area contributed by atoms with Gasteiger partial charge in [0.1, 0.15) is 24.2 Å². The largest absolute Gasteiger partial charge is 0.468 e. The fourth-order valence-corrected chi connectivity index (χ4v) is 3.38. The van der Waals surface area contributed by atoms with Gasteiger partial charge in [-0.15, -0.1) is 6.42 Å². The number of nitrogens with zero attached hydrogens (tertiary/aromatic N) is 1. The van der Waals surface area contributed by atoms with Crippen molar-refractivity contribution in [3.63, 3.8) is 0 Å². The predicted molar refractivity (Wildman–Crippen MR) is 136 cm³/mol. The van der Waals surface area contributed by atoms with E-state index in [-0.39, 0.29) is 12.8 Å². The zero-order valence-corrected chi connectivity index (χ0v) is 22.1. The molecule has 0 fully saturated rings. The minimum atomic E-state index is -1.23. The van der Waals surface area contributed by atoms with Crippen LogP contribution >= 0.6 is 0 Å². The first-order valence-corrected chi connectivity index (χ1v) is 11.7. The maximum Gasteiger partial charge on any atom is 0.408 e. The number of hydrogen-bond acceptors (Lipinski definition) is 7. The molecular weight excluding hydrogens is 480 g/mol. The molecule has 1 aromatic rings. The van der Waals surface area contributed by atoms with Crippen LogP contribution in [-0.4, -0.2) is 66.0 Å². The summed E-state index contributed by atoms with van der Waals surface area (Å²) in [6, 6.07) is 3.43. The Bertz CT molecular complexity index is 1020. The van der Waals surface area contributed by atoms with Gasteiger partial charge in [0.2, 0.25) is 17.7 Å². The second-order valence-electron chi connectivity index (χ2n) is 9.51. The van der Waals surface area contributed by atoms with E-state index < -0.39 is 60.1 Å². The average Bonchev–Trinajstić information content (AvgIpc) is 2.81. The van der Waals surface area contributed by atoms with E-state index in [2.05, 4.69) is 21.3 Å². The van der Waals surface area contributed by atoms with Gasteiger partial charge >= 0.3 is 12.1 Å². The Hall–Kier alpha value is -4.07. The topological polar surface area (TPSA) is 157 Å². The van der Waals surface area contributed by atoms with E-state index in [1.165, 1.54) is 12.0 Å². The fourth-order valence-electron chi connectivity index (χ4n) is 3.38. The number of methoxy groups -OCH3 is 1. The Balaban J connectivity index is 3.48. The van der Waals surface area contributed by atoms with Gasteiger partial charge in [-0.25, -0.2) is 4.79 Å². The van der Waals surface area contributed by atoms with Crippen molar-refractivity contribution in [2.45, 2.75) is 71.2 Å². The van der Waals surface area contributed by atoms with Crippen LogP contribution < -0.4 is 16.4 Å². The molecule has 0 aliphatic rings. The Morgan fingerprint density at radius 2 is 1.70 bits per heavy atom. The smallest absolute Gasteiger partial charge is 0.408 e. The number of esters is 1. The first kappa shape index (κ1) is 31.0. The number of nitrogens with one attached hydrogen (secondary N) is 2. The van der Waals surface area contributed by atoms with E-state index >= 15 is 0 Å². The molecule has 0 spiro atoms. The van der Waals surface area contributed by atoms with Crippen LogP contribution in [0, 0.1) is 12.3 Å². The van der Waals surface area contributed by atoms with Gasteiger partial charge in [-0.2, -0.15) is 0 Å². The van der Waals surface area contributed by atoms with Gasteiger partial charge in [0.15, 0.2) is 0 Å². The molecule has 1 aromatic carbocycles. The maximum atomic E-state index is 13.8. The summed E-state index contributed by atoms with van der Waals surface area (Å²) in [5.41, 5.74) is 5.42. The molecule has 0 heterocycles. The summed E-state index contributed by atoms with van der Waals surface area (Å²) in [7, 11) is 1.18. The summed E-state index contributed by atoms with van der Waals surface area (Å²) in [6.07, 6.45) is 4.25. The van der Waals surface area contributed by atoms with Crippen molar-refractivity contribution < 1.29 is 33.4 Å². The fraction of sp³-hybridized carbons (Fsp3) is 0.500. The summed E-state index contributed by atoms with van der Waals surface area (Å²) in [6.45, 7) is 7.94. The first-order valence-electron chi connectivity index (χ1n) is 11.7. The van der Waals surface area contributed by atoms with Gasteiger partial charge in [0.25, 0.3) is 0 Å². The van der Waals surface area contributed by atoms with Crippen LogP contribution in [0.25, 0.3) is 0 Å². The van der Waals surface area contributed by atoms with Crippen molar-refractivity contribution in [3.8, 4) is 12.3 Å². The normalized spacial score (nSPS) is 12.5. The van der Waals surface area contributed by atoms with Crippen molar-refractivity contribution in [3.05, 3.63) is 35.4 Å². The van der Waals surface area contributed by atoms with Crippen LogP contribution in [0.5, 0.6) is 0 Å². The van der Waals surface area contributed by atoms with E-state index in [1.54, 1.807) is 58.9 Å². The maximum absolute atomic E-state index is 13.8. The molecule has 11 nitrogen and oxygen atoms in total. The van der Waals surface area contributed by atoms with Gasteiger partial charge in [-0.3, -0.25) is 19.2 Å². The van der Waals surface area contributed by atoms with Gasteiger partial charge < -0.3 is 30.7 Å². The lowest BCUT2D eigenvalue weighted by Gasteiger charge is -2.37. The third-order valence-electron chi connectivity index (χ3n) is 5.03. The van der Waals surface area contributed by atoms with E-state index in [4.69, 9.17) is 16.9 Å². The average molecular weight is 517 g/mol. The number of primary amides is 1. The quantitative estimate of drug-likeness (QED) is 0.296. The monoisotopic (exact) mass is 516 g/mol. The lowest BCUT2D eigenvalue weighted by molar-refractivity contribution is -0.146. The van der Waals surface area contributed by atoms with Gasteiger partial charge in [0.05, 0.1) is 7.11 Å². The van der Waals surface area contributed by atoms with Crippen molar-refractivity contribution in [2.24, 2.45) is 5.73 Å². The number of ether oxygens (including phenoxy) is 2. The Labute approximate surface area is 217 Å². The molecule has 0 saturated carbocycles. The molecule has 11 heteroatoms. The number of benzene rings is 1. The number of amides is 4. The molecule has 0 saturated heterocycles. The highest BCUT2D eigenvalue weighted by Gasteiger charge is 2.38. The molecule has 4 N–H and O–H groups in total. The van der Waals surface area contributed by atoms with Crippen LogP contribution in [0.4, 0.5) is 4.79 Å². The Morgan fingerprint density at radius 1 is 1.11 bits per heavy atom. The number of terminal acetylenes is 1. The first-order chi connectivity index (χ1) is 17.2. The van der Waals surface area contributed by atoms with Gasteiger partial charge in [0, 0.05) is 18.0 Å². The van der Waals surface area contributed by atoms with Crippen molar-refractivity contribution >= 4 is 29.8 Å². The Morgan fingerprint density at radius 3 is 2.16 bits per heavy atom. The summed E-state index contributed by atoms with van der Waals surface area (Å²) in [5.74, 6) is -0.176. The van der Waals surface area contributed by atoms with Crippen molar-refractivity contribution in [1.82, 2.24) is 15.5 Å². The number of alkyl carbamates (subject to hydrolysis) is 1. The van der Waals surface area contributed by atoms with E-state index in [0.717, 1.165) is 0 Å². The number of carbonyl (C=O) groups is 5. The molecule has 2 unspecified atom stereocenters. The van der Waals surface area contributed by atoms with Crippen LogP contribution in [0.3, 0.4) is 0 Å². The summed E-state index contributed by atoms with van der Waals surface area (Å²) in [5, 5.41) is 4.97. The second kappa shape index (κ2) is 13.9. The minimum Gasteiger partial charge on any atom is -0.468 e. The molecule has 0 aromatic heterocycles. The third kappa shape index (κ3) is 10.2. The highest BCUT2D eigenvalue weighted by Crippen LogP contribution is 2.26. The van der Waals surface area contributed by atoms with Crippen LogP contribution in [0.2, 0.25) is 0 Å². The van der Waals surface area contributed by atoms with E-state index in [9.17, 15) is 24.0 Å². The highest BCUT2D eigenvalue weighted by molar-refractivity contribution is 5.93. The van der Waals surface area contributed by atoms with Crippen LogP contribution in [-0.2, 0) is 28.7 Å². The summed E-state index contributed by atoms with van der Waals surface area (Å²) < 4.78 is 9.86. The van der Waals surface area contributed by atoms with Crippen LogP contribution in [0.15, 0.2) is 24.3 Å². The number of carbonyl (C=O) groups excluding carboxylic acids is 5. The molecule has 0 aliphatic carbocycles. The van der Waals surface area contributed by atoms with Crippen LogP contribution in [0.1, 0.15) is 64.6 Å². The van der Waals surface area contributed by atoms with Gasteiger partial charge in [-0.05, 0) is 58.7 Å². The second-order valence-corrected chi connectivity index (χ2v) is 9.51. The molecule has 1 rings (SSSR count). The lowest BCUT2D eigenvalue weighted by atomic mass is 9.99. The summed E-state index contributed by atoms with van der Waals surface area (Å²) in [4.78, 5) is 64.0. The predicted octanol–water partition coefficient (Wildman–Crippen LogP) is 1.39. The van der Waals surface area contributed by atoms with Gasteiger partial charge in [-0.1, -0.05) is 18.1 Å². The van der Waals surface area contributed by atoms with E-state index in [0.29, 0.717) is 11.1 Å². The number of nitrogens with two attached hydrogens (primary N) is 1. The molecule has 0 bridgehead atoms. The SMILES string of the molecule is C#Cc1ccc(C(C(=O)NCC(=O)OC)N(C(=O)C(CCC(N)=O)NC(=O)OC(C)(C)C)C(C)C)cc1. The zero-order valence-electron chi connectivity index (χ0n) is 22.1. The van der Waals surface area contributed by atoms with Crippen molar-refractivity contribution in [2.75, 3.05) is 13.7 Å². The zero-order chi connectivity index (χ0) is 28.3. The lowest BCUT2D eigenvalue weighted by Crippen LogP contribution is -2.55. The molecular formula is C26H36N4O7. The molecule has 37 heavy (non-hydrogen) atoms. The third-order valence-corrected chi connectivity index (χ3v) is 5.03. The van der Waals surface area contributed by atoms with E-state index in [1.807, 2.05) is 0 Å². The molecule has 202 valence electrons. The molecule has 2 atom stereocenters. The molecule has 0 radical (unpaired) electrons.